The van der Waals surface area contributed by atoms with Crippen LogP contribution in [0, 0.1) is 6.92 Å². The Morgan fingerprint density at radius 1 is 1.36 bits per heavy atom. The SMILES string of the molecule is Cc1nnsc1CN(C)C(=O)C(C)Oc1ccc2ccc(=O)oc2c1. The van der Waals surface area contributed by atoms with Gasteiger partial charge in [-0.25, -0.2) is 4.79 Å². The molecule has 1 atom stereocenters. The molecule has 0 bridgehead atoms. The van der Waals surface area contributed by atoms with Gasteiger partial charge in [-0.05, 0) is 43.6 Å². The van der Waals surface area contributed by atoms with Crippen molar-refractivity contribution >= 4 is 28.4 Å². The maximum Gasteiger partial charge on any atom is 0.336 e. The van der Waals surface area contributed by atoms with Crippen molar-refractivity contribution in [3.05, 3.63) is 51.3 Å². The summed E-state index contributed by atoms with van der Waals surface area (Å²) in [6.07, 6.45) is -0.681. The molecule has 2 heterocycles. The molecule has 0 saturated carbocycles. The number of hydrogen-bond donors (Lipinski definition) is 0. The molecule has 2 aromatic heterocycles. The van der Waals surface area contributed by atoms with E-state index >= 15 is 0 Å². The van der Waals surface area contributed by atoms with Crippen LogP contribution in [-0.4, -0.2) is 33.5 Å². The van der Waals surface area contributed by atoms with Gasteiger partial charge in [-0.15, -0.1) is 5.10 Å². The lowest BCUT2D eigenvalue weighted by atomic mass is 10.2. The Kier molecular flexibility index (Phi) is 4.80. The first-order chi connectivity index (χ1) is 11.9. The van der Waals surface area contributed by atoms with E-state index in [4.69, 9.17) is 9.15 Å². The number of benzene rings is 1. The third kappa shape index (κ3) is 3.85. The van der Waals surface area contributed by atoms with Gasteiger partial charge in [0.1, 0.15) is 11.3 Å². The molecule has 0 radical (unpaired) electrons. The van der Waals surface area contributed by atoms with Crippen molar-refractivity contribution in [1.29, 1.82) is 0 Å². The molecule has 0 aliphatic heterocycles. The van der Waals surface area contributed by atoms with Crippen LogP contribution in [0.25, 0.3) is 11.0 Å². The van der Waals surface area contributed by atoms with Crippen molar-refractivity contribution in [2.45, 2.75) is 26.5 Å². The number of hydrogen-bond acceptors (Lipinski definition) is 7. The number of aryl methyl sites for hydroxylation is 1. The zero-order valence-corrected chi connectivity index (χ0v) is 14.9. The zero-order valence-electron chi connectivity index (χ0n) is 14.1. The van der Waals surface area contributed by atoms with Gasteiger partial charge in [-0.2, -0.15) is 0 Å². The van der Waals surface area contributed by atoms with E-state index in [0.717, 1.165) is 16.0 Å². The Bertz CT molecular complexity index is 966. The summed E-state index contributed by atoms with van der Waals surface area (Å²) in [5, 5.41) is 4.73. The fourth-order valence-electron chi connectivity index (χ4n) is 2.37. The molecular weight excluding hydrogens is 342 g/mol. The van der Waals surface area contributed by atoms with Crippen LogP contribution in [0.15, 0.2) is 39.5 Å². The van der Waals surface area contributed by atoms with Crippen molar-refractivity contribution in [2.24, 2.45) is 0 Å². The number of nitrogens with zero attached hydrogens (tertiary/aromatic N) is 3. The number of carbonyl (C=O) groups is 1. The van der Waals surface area contributed by atoms with Crippen molar-refractivity contribution in [3.8, 4) is 5.75 Å². The Labute approximate surface area is 148 Å². The van der Waals surface area contributed by atoms with E-state index in [1.54, 1.807) is 43.1 Å². The van der Waals surface area contributed by atoms with Gasteiger partial charge in [0, 0.05) is 24.6 Å². The normalized spacial score (nSPS) is 12.1. The first-order valence-corrected chi connectivity index (χ1v) is 8.45. The van der Waals surface area contributed by atoms with E-state index in [0.29, 0.717) is 17.9 Å². The van der Waals surface area contributed by atoms with Crippen molar-refractivity contribution < 1.29 is 13.9 Å². The van der Waals surface area contributed by atoms with Gasteiger partial charge in [0.2, 0.25) is 0 Å². The van der Waals surface area contributed by atoms with Gasteiger partial charge >= 0.3 is 5.63 Å². The highest BCUT2D eigenvalue weighted by molar-refractivity contribution is 7.05. The minimum atomic E-state index is -0.681. The Morgan fingerprint density at radius 3 is 2.84 bits per heavy atom. The van der Waals surface area contributed by atoms with E-state index in [1.165, 1.54) is 17.6 Å². The van der Waals surface area contributed by atoms with Crippen molar-refractivity contribution in [2.75, 3.05) is 7.05 Å². The molecule has 0 saturated heterocycles. The number of amides is 1. The van der Waals surface area contributed by atoms with Gasteiger partial charge < -0.3 is 14.1 Å². The standard InChI is InChI=1S/C17H17N3O4S/c1-10-15(25-19-18-10)9-20(3)17(22)11(2)23-13-6-4-12-5-7-16(21)24-14(12)8-13/h4-8,11H,9H2,1-3H3. The summed E-state index contributed by atoms with van der Waals surface area (Å²) in [6.45, 7) is 3.98. The Morgan fingerprint density at radius 2 is 2.12 bits per heavy atom. The minimum absolute atomic E-state index is 0.164. The quantitative estimate of drug-likeness (QED) is 0.650. The Balaban J connectivity index is 1.70. The number of fused-ring (bicyclic) bond motifs is 1. The second-order valence-electron chi connectivity index (χ2n) is 5.69. The van der Waals surface area contributed by atoms with Gasteiger partial charge in [0.05, 0.1) is 17.1 Å². The topological polar surface area (TPSA) is 85.5 Å². The van der Waals surface area contributed by atoms with Gasteiger partial charge in [0.15, 0.2) is 6.10 Å². The fourth-order valence-corrected chi connectivity index (χ4v) is 3.05. The smallest absolute Gasteiger partial charge is 0.336 e. The van der Waals surface area contributed by atoms with E-state index in [1.807, 2.05) is 6.92 Å². The number of likely N-dealkylation sites (N-methyl/N-ethyl adjacent to an activating group) is 1. The lowest BCUT2D eigenvalue weighted by molar-refractivity contribution is -0.137. The molecule has 8 heteroatoms. The molecule has 3 rings (SSSR count). The minimum Gasteiger partial charge on any atom is -0.481 e. The van der Waals surface area contributed by atoms with Crippen molar-refractivity contribution in [1.82, 2.24) is 14.5 Å². The third-order valence-electron chi connectivity index (χ3n) is 3.76. The molecule has 0 N–H and O–H groups in total. The molecule has 25 heavy (non-hydrogen) atoms. The predicted molar refractivity (Wildman–Crippen MR) is 93.7 cm³/mol. The molecule has 0 aliphatic carbocycles. The molecule has 0 aliphatic rings. The average Bonchev–Trinajstić information content (AvgIpc) is 2.98. The van der Waals surface area contributed by atoms with Crippen LogP contribution >= 0.6 is 11.5 Å². The molecule has 0 spiro atoms. The van der Waals surface area contributed by atoms with Crippen LogP contribution in [-0.2, 0) is 11.3 Å². The first-order valence-electron chi connectivity index (χ1n) is 7.67. The van der Waals surface area contributed by atoms with Gasteiger partial charge in [-0.3, -0.25) is 4.79 Å². The van der Waals surface area contributed by atoms with Crippen LogP contribution < -0.4 is 10.4 Å². The maximum atomic E-state index is 12.5. The molecule has 1 unspecified atom stereocenters. The number of aromatic nitrogens is 2. The highest BCUT2D eigenvalue weighted by Crippen LogP contribution is 2.21. The van der Waals surface area contributed by atoms with E-state index in [-0.39, 0.29) is 5.91 Å². The lowest BCUT2D eigenvalue weighted by Gasteiger charge is -2.21. The second kappa shape index (κ2) is 7.02. The van der Waals surface area contributed by atoms with E-state index in [2.05, 4.69) is 9.59 Å². The zero-order chi connectivity index (χ0) is 18.0. The highest BCUT2D eigenvalue weighted by Gasteiger charge is 2.21. The molecule has 1 aromatic carbocycles. The molecule has 130 valence electrons. The summed E-state index contributed by atoms with van der Waals surface area (Å²) in [6, 6.07) is 8.17. The third-order valence-corrected chi connectivity index (χ3v) is 4.57. The fraction of sp³-hybridized carbons (Fsp3) is 0.294. The van der Waals surface area contributed by atoms with Crippen molar-refractivity contribution in [3.63, 3.8) is 0 Å². The Hall–Kier alpha value is -2.74. The number of rotatable bonds is 5. The highest BCUT2D eigenvalue weighted by atomic mass is 32.1. The summed E-state index contributed by atoms with van der Waals surface area (Å²) >= 11 is 1.28. The van der Waals surface area contributed by atoms with Crippen LogP contribution in [0.3, 0.4) is 0 Å². The van der Waals surface area contributed by atoms with Crippen LogP contribution in [0.4, 0.5) is 0 Å². The molecule has 3 aromatic rings. The second-order valence-corrected chi connectivity index (χ2v) is 6.53. The van der Waals surface area contributed by atoms with E-state index < -0.39 is 11.7 Å². The predicted octanol–water partition coefficient (Wildman–Crippen LogP) is 2.38. The number of carbonyl (C=O) groups excluding carboxylic acids is 1. The van der Waals surface area contributed by atoms with E-state index in [9.17, 15) is 9.59 Å². The summed E-state index contributed by atoms with van der Waals surface area (Å²) in [5.41, 5.74) is 0.814. The maximum absolute atomic E-state index is 12.5. The summed E-state index contributed by atoms with van der Waals surface area (Å²) in [4.78, 5) is 26.3. The molecule has 0 fully saturated rings. The lowest BCUT2D eigenvalue weighted by Crippen LogP contribution is -2.37. The first kappa shape index (κ1) is 17.1. The van der Waals surface area contributed by atoms with Gasteiger partial charge in [-0.1, -0.05) is 4.49 Å². The van der Waals surface area contributed by atoms with Gasteiger partial charge in [0.25, 0.3) is 5.91 Å². The largest absolute Gasteiger partial charge is 0.481 e. The summed E-state index contributed by atoms with van der Waals surface area (Å²) in [7, 11) is 1.71. The van der Waals surface area contributed by atoms with Crippen LogP contribution in [0.2, 0.25) is 0 Å². The summed E-state index contributed by atoms with van der Waals surface area (Å²) < 4.78 is 14.7. The molecular formula is C17H17N3O4S. The van der Waals surface area contributed by atoms with Crippen LogP contribution in [0.1, 0.15) is 17.5 Å². The monoisotopic (exact) mass is 359 g/mol. The van der Waals surface area contributed by atoms with Crippen LogP contribution in [0.5, 0.6) is 5.75 Å². The summed E-state index contributed by atoms with van der Waals surface area (Å²) in [5.74, 6) is 0.300. The average molecular weight is 359 g/mol. The molecule has 1 amide bonds. The molecule has 7 nitrogen and oxygen atoms in total. The number of ether oxygens (including phenoxy) is 1.